The molecule has 0 amide bonds. The van der Waals surface area contributed by atoms with Gasteiger partial charge < -0.3 is 9.15 Å². The lowest BCUT2D eigenvalue weighted by Gasteiger charge is -2.08. The van der Waals surface area contributed by atoms with Crippen LogP contribution < -0.4 is 5.63 Å². The van der Waals surface area contributed by atoms with Gasteiger partial charge in [-0.15, -0.1) is 0 Å². The van der Waals surface area contributed by atoms with Gasteiger partial charge in [0.05, 0.1) is 5.56 Å². The maximum Gasteiger partial charge on any atom is 0.341 e. The van der Waals surface area contributed by atoms with Crippen molar-refractivity contribution in [2.75, 3.05) is 0 Å². The summed E-state index contributed by atoms with van der Waals surface area (Å²) in [5.74, 6) is -2.74. The van der Waals surface area contributed by atoms with Gasteiger partial charge in [0.15, 0.2) is 0 Å². The molecule has 3 aromatic rings. The Morgan fingerprint density at radius 3 is 2.67 bits per heavy atom. The van der Waals surface area contributed by atoms with Crippen LogP contribution in [-0.4, -0.2) is 5.97 Å². The first-order valence-electron chi connectivity index (χ1n) is 7.09. The molecule has 0 aliphatic heterocycles. The molecule has 0 aliphatic rings. The summed E-state index contributed by atoms with van der Waals surface area (Å²) in [6, 6.07) is 9.06. The van der Waals surface area contributed by atoms with Crippen LogP contribution in [0.1, 0.15) is 21.5 Å². The highest BCUT2D eigenvalue weighted by Crippen LogP contribution is 2.20. The third-order valence-electron chi connectivity index (χ3n) is 3.50. The highest BCUT2D eigenvalue weighted by Gasteiger charge is 2.15. The second kappa shape index (κ2) is 6.23. The predicted molar refractivity (Wildman–Crippen MR) is 82.7 cm³/mol. The van der Waals surface area contributed by atoms with E-state index >= 15 is 0 Å². The Hall–Kier alpha value is -3.02. The van der Waals surface area contributed by atoms with Crippen molar-refractivity contribution in [2.45, 2.75) is 13.5 Å². The van der Waals surface area contributed by atoms with Crippen LogP contribution in [-0.2, 0) is 11.3 Å². The smallest absolute Gasteiger partial charge is 0.341 e. The van der Waals surface area contributed by atoms with E-state index in [9.17, 15) is 18.4 Å². The Bertz CT molecular complexity index is 992. The van der Waals surface area contributed by atoms with Gasteiger partial charge in [-0.2, -0.15) is 0 Å². The van der Waals surface area contributed by atoms with E-state index in [2.05, 4.69) is 0 Å². The molecule has 0 bridgehead atoms. The largest absolute Gasteiger partial charge is 0.457 e. The summed E-state index contributed by atoms with van der Waals surface area (Å²) < 4.78 is 36.6. The zero-order chi connectivity index (χ0) is 17.3. The number of fused-ring (bicyclic) bond motifs is 1. The van der Waals surface area contributed by atoms with E-state index in [1.54, 1.807) is 12.1 Å². The molecule has 0 saturated heterocycles. The first-order valence-corrected chi connectivity index (χ1v) is 7.09. The molecule has 0 N–H and O–H groups in total. The highest BCUT2D eigenvalue weighted by molar-refractivity contribution is 5.90. The summed E-state index contributed by atoms with van der Waals surface area (Å²) in [6.45, 7) is 1.62. The van der Waals surface area contributed by atoms with Crippen molar-refractivity contribution >= 4 is 16.9 Å². The number of rotatable bonds is 3. The van der Waals surface area contributed by atoms with Crippen LogP contribution in [0.2, 0.25) is 0 Å². The molecule has 0 unspecified atom stereocenters. The highest BCUT2D eigenvalue weighted by atomic mass is 19.1. The lowest BCUT2D eigenvalue weighted by atomic mass is 10.1. The molecule has 0 fully saturated rings. The quantitative estimate of drug-likeness (QED) is 0.542. The molecule has 1 aromatic heterocycles. The van der Waals surface area contributed by atoms with E-state index in [-0.39, 0.29) is 12.2 Å². The van der Waals surface area contributed by atoms with Crippen molar-refractivity contribution in [3.63, 3.8) is 0 Å². The molecular formula is C18H12F2O4. The standard InChI is InChI=1S/C18H12F2O4/c1-10-2-4-13-11(7-17(21)24-16(13)6-10)9-23-18(22)14-5-3-12(19)8-15(14)20/h2-8H,9H2,1H3. The van der Waals surface area contributed by atoms with Crippen molar-refractivity contribution in [1.82, 2.24) is 0 Å². The van der Waals surface area contributed by atoms with Gasteiger partial charge in [-0.25, -0.2) is 18.4 Å². The second-order valence-electron chi connectivity index (χ2n) is 5.29. The van der Waals surface area contributed by atoms with Gasteiger partial charge in [0.25, 0.3) is 0 Å². The van der Waals surface area contributed by atoms with E-state index in [1.807, 2.05) is 13.0 Å². The molecule has 0 atom stereocenters. The molecule has 0 aliphatic carbocycles. The van der Waals surface area contributed by atoms with Crippen LogP contribution in [0.4, 0.5) is 8.78 Å². The third-order valence-corrected chi connectivity index (χ3v) is 3.50. The average Bonchev–Trinajstić information content (AvgIpc) is 2.51. The van der Waals surface area contributed by atoms with Gasteiger partial charge in [-0.1, -0.05) is 12.1 Å². The van der Waals surface area contributed by atoms with Crippen LogP contribution in [0.5, 0.6) is 0 Å². The minimum Gasteiger partial charge on any atom is -0.457 e. The first kappa shape index (κ1) is 15.9. The molecule has 122 valence electrons. The number of benzene rings is 2. The molecular weight excluding hydrogens is 318 g/mol. The lowest BCUT2D eigenvalue weighted by molar-refractivity contribution is 0.0468. The topological polar surface area (TPSA) is 56.5 Å². The van der Waals surface area contributed by atoms with Gasteiger partial charge in [-0.05, 0) is 30.7 Å². The summed E-state index contributed by atoms with van der Waals surface area (Å²) >= 11 is 0. The van der Waals surface area contributed by atoms with E-state index in [0.717, 1.165) is 17.7 Å². The maximum atomic E-state index is 13.6. The summed E-state index contributed by atoms with van der Waals surface area (Å²) in [7, 11) is 0. The zero-order valence-electron chi connectivity index (χ0n) is 12.6. The Morgan fingerprint density at radius 2 is 1.92 bits per heavy atom. The number of carbonyl (C=O) groups excluding carboxylic acids is 1. The number of hydrogen-bond donors (Lipinski definition) is 0. The number of aryl methyl sites for hydroxylation is 1. The van der Waals surface area contributed by atoms with Crippen LogP contribution in [0, 0.1) is 18.6 Å². The first-order chi connectivity index (χ1) is 11.4. The van der Waals surface area contributed by atoms with E-state index < -0.39 is 23.2 Å². The molecule has 3 rings (SSSR count). The second-order valence-corrected chi connectivity index (χ2v) is 5.29. The monoisotopic (exact) mass is 330 g/mol. The van der Waals surface area contributed by atoms with Crippen molar-refractivity contribution in [3.05, 3.63) is 81.2 Å². The van der Waals surface area contributed by atoms with E-state index in [4.69, 9.17) is 9.15 Å². The van der Waals surface area contributed by atoms with Gasteiger partial charge in [0.2, 0.25) is 0 Å². The fourth-order valence-corrected chi connectivity index (χ4v) is 2.33. The zero-order valence-corrected chi connectivity index (χ0v) is 12.6. The molecule has 0 radical (unpaired) electrons. The van der Waals surface area contributed by atoms with Crippen molar-refractivity contribution < 1.29 is 22.7 Å². The SMILES string of the molecule is Cc1ccc2c(COC(=O)c3ccc(F)cc3F)cc(=O)oc2c1. The van der Waals surface area contributed by atoms with E-state index in [0.29, 0.717) is 22.6 Å². The van der Waals surface area contributed by atoms with Crippen molar-refractivity contribution in [1.29, 1.82) is 0 Å². The van der Waals surface area contributed by atoms with Crippen molar-refractivity contribution in [3.8, 4) is 0 Å². The number of esters is 1. The predicted octanol–water partition coefficient (Wildman–Crippen LogP) is 3.74. The maximum absolute atomic E-state index is 13.6. The van der Waals surface area contributed by atoms with Crippen molar-refractivity contribution in [2.24, 2.45) is 0 Å². The van der Waals surface area contributed by atoms with Gasteiger partial charge in [0.1, 0.15) is 23.8 Å². The fraction of sp³-hybridized carbons (Fsp3) is 0.111. The van der Waals surface area contributed by atoms with Crippen LogP contribution >= 0.6 is 0 Å². The molecule has 6 heteroatoms. The average molecular weight is 330 g/mol. The van der Waals surface area contributed by atoms with Gasteiger partial charge >= 0.3 is 11.6 Å². The summed E-state index contributed by atoms with van der Waals surface area (Å²) in [5.41, 5.74) is 0.776. The van der Waals surface area contributed by atoms with Crippen LogP contribution in [0.15, 0.2) is 51.7 Å². The molecule has 4 nitrogen and oxygen atoms in total. The van der Waals surface area contributed by atoms with E-state index in [1.165, 1.54) is 6.07 Å². The normalized spacial score (nSPS) is 10.8. The molecule has 2 aromatic carbocycles. The number of carbonyl (C=O) groups is 1. The Morgan fingerprint density at radius 1 is 1.12 bits per heavy atom. The summed E-state index contributed by atoms with van der Waals surface area (Å²) in [4.78, 5) is 23.6. The Labute approximate surface area is 135 Å². The number of ether oxygens (including phenoxy) is 1. The van der Waals surface area contributed by atoms with Gasteiger partial charge in [-0.3, -0.25) is 0 Å². The lowest BCUT2D eigenvalue weighted by Crippen LogP contribution is -2.09. The van der Waals surface area contributed by atoms with Crippen LogP contribution in [0.3, 0.4) is 0 Å². The summed E-state index contributed by atoms with van der Waals surface area (Å²) in [6.07, 6.45) is 0. The fourth-order valence-electron chi connectivity index (χ4n) is 2.33. The van der Waals surface area contributed by atoms with Gasteiger partial charge in [0, 0.05) is 23.1 Å². The summed E-state index contributed by atoms with van der Waals surface area (Å²) in [5, 5.41) is 0.618. The molecule has 0 saturated carbocycles. The molecule has 24 heavy (non-hydrogen) atoms. The number of halogens is 2. The van der Waals surface area contributed by atoms with Crippen LogP contribution in [0.25, 0.3) is 11.0 Å². The Balaban J connectivity index is 1.88. The third kappa shape index (κ3) is 3.17. The molecule has 1 heterocycles. The Kier molecular flexibility index (Phi) is 4.12. The molecule has 0 spiro atoms. The minimum absolute atomic E-state index is 0.235. The minimum atomic E-state index is -1.01. The number of hydrogen-bond acceptors (Lipinski definition) is 4.